The van der Waals surface area contributed by atoms with Gasteiger partial charge in [-0.1, -0.05) is 18.9 Å². The molecule has 1 unspecified atom stereocenters. The topological polar surface area (TPSA) is 92.3 Å². The second kappa shape index (κ2) is 8.80. The molecule has 1 aromatic carbocycles. The lowest BCUT2D eigenvalue weighted by atomic mass is 9.67. The van der Waals surface area contributed by atoms with E-state index < -0.39 is 0 Å². The van der Waals surface area contributed by atoms with Crippen molar-refractivity contribution in [3.8, 4) is 0 Å². The van der Waals surface area contributed by atoms with E-state index in [2.05, 4.69) is 10.6 Å². The Bertz CT molecular complexity index is 838. The van der Waals surface area contributed by atoms with Gasteiger partial charge in [0.05, 0.1) is 0 Å². The van der Waals surface area contributed by atoms with Crippen molar-refractivity contribution in [2.75, 3.05) is 10.6 Å². The Kier molecular flexibility index (Phi) is 5.87. The Balaban J connectivity index is 1.19. The Hall–Kier alpha value is -2.50. The Morgan fingerprint density at radius 1 is 0.656 bits per heavy atom. The number of rotatable bonds is 4. The maximum Gasteiger partial charge on any atom is 0.227 e. The lowest BCUT2D eigenvalue weighted by molar-refractivity contribution is -0.137. The third-order valence-corrected chi connectivity index (χ3v) is 8.24. The zero-order chi connectivity index (χ0) is 22.2. The van der Waals surface area contributed by atoms with Crippen LogP contribution in [0.3, 0.4) is 0 Å². The van der Waals surface area contributed by atoms with Crippen molar-refractivity contribution in [2.24, 2.45) is 35.5 Å². The van der Waals surface area contributed by atoms with Crippen LogP contribution < -0.4 is 10.6 Å². The fraction of sp³-hybridized carbons (Fsp3) is 0.615. The molecule has 4 fully saturated rings. The van der Waals surface area contributed by atoms with E-state index in [1.54, 1.807) is 6.07 Å². The maximum absolute atomic E-state index is 12.9. The van der Waals surface area contributed by atoms with Crippen LogP contribution in [0.2, 0.25) is 0 Å². The predicted octanol–water partition coefficient (Wildman–Crippen LogP) is 4.35. The second-order valence-electron chi connectivity index (χ2n) is 10.4. The molecule has 0 aromatic heterocycles. The molecule has 6 nitrogen and oxygen atoms in total. The highest BCUT2D eigenvalue weighted by molar-refractivity contribution is 5.98. The number of carbonyl (C=O) groups is 4. The van der Waals surface area contributed by atoms with E-state index in [0.29, 0.717) is 48.6 Å². The van der Waals surface area contributed by atoms with Gasteiger partial charge < -0.3 is 10.6 Å². The molecule has 32 heavy (non-hydrogen) atoms. The molecule has 2 N–H and O–H groups in total. The van der Waals surface area contributed by atoms with E-state index in [4.69, 9.17) is 0 Å². The van der Waals surface area contributed by atoms with Gasteiger partial charge >= 0.3 is 0 Å². The first-order chi connectivity index (χ1) is 15.5. The van der Waals surface area contributed by atoms with Crippen LogP contribution in [0.15, 0.2) is 24.3 Å². The van der Waals surface area contributed by atoms with Crippen LogP contribution in [0.1, 0.15) is 64.2 Å². The zero-order valence-corrected chi connectivity index (χ0v) is 18.5. The normalized spacial score (nSPS) is 34.0. The van der Waals surface area contributed by atoms with E-state index in [0.717, 1.165) is 38.5 Å². The largest absolute Gasteiger partial charge is 0.326 e. The number of ketones is 2. The summed E-state index contributed by atoms with van der Waals surface area (Å²) in [5.41, 5.74) is 1.32. The minimum Gasteiger partial charge on any atom is -0.326 e. The highest BCUT2D eigenvalue weighted by Crippen LogP contribution is 2.41. The standard InChI is InChI=1S/C26H32N2O4/c29-23-15-4-1-5-16(23)11-19(10-15)25(31)27-21-8-3-9-22(14-21)28-26(32)20-12-17-6-2-7-18(13-20)24(17)30/h3,8-9,14-20H,1-2,4-7,10-13H2,(H,27,31)(H,28,32)/t15-,16-,17-,18+,20?/m0/s1. The smallest absolute Gasteiger partial charge is 0.227 e. The summed E-state index contributed by atoms with van der Waals surface area (Å²) in [5, 5.41) is 6.00. The van der Waals surface area contributed by atoms with Gasteiger partial charge in [0.25, 0.3) is 0 Å². The molecule has 0 aliphatic heterocycles. The van der Waals surface area contributed by atoms with Crippen LogP contribution in [0.5, 0.6) is 0 Å². The molecule has 5 rings (SSSR count). The van der Waals surface area contributed by atoms with E-state index in [1.807, 2.05) is 18.2 Å². The summed E-state index contributed by atoms with van der Waals surface area (Å²) in [6, 6.07) is 7.26. The van der Waals surface area contributed by atoms with E-state index in [-0.39, 0.29) is 47.3 Å². The SMILES string of the molecule is O=C(Nc1cccc(NC(=O)C2C[C@@H]3CCC[C@@H](C2)C3=O)c1)C1C[C@H]2CCC[C@@H](C1)C2=O. The van der Waals surface area contributed by atoms with Gasteiger partial charge in [0.1, 0.15) is 11.6 Å². The van der Waals surface area contributed by atoms with Crippen LogP contribution >= 0.6 is 0 Å². The van der Waals surface area contributed by atoms with Gasteiger partial charge in [-0.25, -0.2) is 0 Å². The fourth-order valence-electron chi connectivity index (χ4n) is 6.55. The molecule has 2 amide bonds. The fourth-order valence-corrected chi connectivity index (χ4v) is 6.55. The average Bonchev–Trinajstić information content (AvgIpc) is 2.73. The number of hydrogen-bond donors (Lipinski definition) is 2. The molecule has 6 heteroatoms. The number of anilines is 2. The number of Topliss-reactive ketones (excluding diaryl/α,β-unsaturated/α-hetero) is 2. The molecule has 4 bridgehead atoms. The monoisotopic (exact) mass is 436 g/mol. The van der Waals surface area contributed by atoms with Crippen molar-refractivity contribution in [2.45, 2.75) is 64.2 Å². The third-order valence-electron chi connectivity index (χ3n) is 8.24. The highest BCUT2D eigenvalue weighted by atomic mass is 16.2. The number of hydrogen-bond acceptors (Lipinski definition) is 4. The maximum atomic E-state index is 12.9. The van der Waals surface area contributed by atoms with Gasteiger partial charge in [-0.05, 0) is 69.6 Å². The first-order valence-electron chi connectivity index (χ1n) is 12.3. The third kappa shape index (κ3) is 4.24. The first kappa shape index (κ1) is 21.4. The molecule has 4 aliphatic rings. The number of benzene rings is 1. The second-order valence-corrected chi connectivity index (χ2v) is 10.4. The van der Waals surface area contributed by atoms with E-state index in [9.17, 15) is 19.2 Å². The van der Waals surface area contributed by atoms with Crippen LogP contribution in [0, 0.1) is 35.5 Å². The van der Waals surface area contributed by atoms with Gasteiger partial charge in [0.2, 0.25) is 11.8 Å². The Morgan fingerprint density at radius 2 is 1.03 bits per heavy atom. The highest BCUT2D eigenvalue weighted by Gasteiger charge is 2.42. The Morgan fingerprint density at radius 3 is 1.41 bits per heavy atom. The van der Waals surface area contributed by atoms with Crippen molar-refractivity contribution in [3.63, 3.8) is 0 Å². The molecular formula is C26H32N2O4. The van der Waals surface area contributed by atoms with Crippen molar-refractivity contribution < 1.29 is 19.2 Å². The molecule has 170 valence electrons. The molecule has 5 atom stereocenters. The van der Waals surface area contributed by atoms with Crippen LogP contribution in [0.4, 0.5) is 11.4 Å². The van der Waals surface area contributed by atoms with Crippen LogP contribution in [-0.4, -0.2) is 23.4 Å². The number of nitrogens with one attached hydrogen (secondary N) is 2. The van der Waals surface area contributed by atoms with Gasteiger partial charge in [-0.2, -0.15) is 0 Å². The van der Waals surface area contributed by atoms with Crippen molar-refractivity contribution in [1.82, 2.24) is 0 Å². The number of amides is 2. The molecule has 0 heterocycles. The summed E-state index contributed by atoms with van der Waals surface area (Å²) in [4.78, 5) is 50.4. The molecule has 4 aliphatic carbocycles. The van der Waals surface area contributed by atoms with Crippen molar-refractivity contribution >= 4 is 34.8 Å². The molecular weight excluding hydrogens is 404 g/mol. The summed E-state index contributed by atoms with van der Waals surface area (Å²) in [6.07, 6.45) is 8.44. The molecule has 0 spiro atoms. The summed E-state index contributed by atoms with van der Waals surface area (Å²) in [5.74, 6) is 0.596. The minimum absolute atomic E-state index is 0.0310. The summed E-state index contributed by atoms with van der Waals surface area (Å²) >= 11 is 0. The average molecular weight is 437 g/mol. The molecule has 0 radical (unpaired) electrons. The van der Waals surface area contributed by atoms with E-state index in [1.165, 1.54) is 0 Å². The van der Waals surface area contributed by atoms with Crippen LogP contribution in [0.25, 0.3) is 0 Å². The number of carbonyl (C=O) groups excluding carboxylic acids is 4. The van der Waals surface area contributed by atoms with Crippen molar-refractivity contribution in [3.05, 3.63) is 24.3 Å². The van der Waals surface area contributed by atoms with Gasteiger partial charge in [-0.3, -0.25) is 19.2 Å². The van der Waals surface area contributed by atoms with Gasteiger partial charge in [0, 0.05) is 46.9 Å². The van der Waals surface area contributed by atoms with Gasteiger partial charge in [0.15, 0.2) is 0 Å². The zero-order valence-electron chi connectivity index (χ0n) is 18.5. The molecule has 4 saturated carbocycles. The number of fused-ring (bicyclic) bond motifs is 4. The van der Waals surface area contributed by atoms with Gasteiger partial charge in [-0.15, -0.1) is 0 Å². The Labute approximate surface area is 188 Å². The summed E-state index contributed by atoms with van der Waals surface area (Å²) in [7, 11) is 0. The lowest BCUT2D eigenvalue weighted by Gasteiger charge is -2.37. The molecule has 0 saturated heterocycles. The summed E-state index contributed by atoms with van der Waals surface area (Å²) < 4.78 is 0. The van der Waals surface area contributed by atoms with Crippen LogP contribution in [-0.2, 0) is 19.2 Å². The molecule has 1 aromatic rings. The van der Waals surface area contributed by atoms with E-state index >= 15 is 0 Å². The summed E-state index contributed by atoms with van der Waals surface area (Å²) in [6.45, 7) is 0. The van der Waals surface area contributed by atoms with Crippen molar-refractivity contribution in [1.29, 1.82) is 0 Å². The predicted molar refractivity (Wildman–Crippen MR) is 121 cm³/mol. The quantitative estimate of drug-likeness (QED) is 0.734. The minimum atomic E-state index is -0.125. The lowest BCUT2D eigenvalue weighted by Crippen LogP contribution is -2.40. The first-order valence-corrected chi connectivity index (χ1v) is 12.3.